The summed E-state index contributed by atoms with van der Waals surface area (Å²) in [5, 5.41) is 4.16. The molecule has 0 N–H and O–H groups in total. The molecule has 0 unspecified atom stereocenters. The van der Waals surface area contributed by atoms with Crippen molar-refractivity contribution < 1.29 is 8.95 Å². The van der Waals surface area contributed by atoms with Crippen LogP contribution in [0.3, 0.4) is 0 Å². The van der Waals surface area contributed by atoms with E-state index in [1.54, 1.807) is 0 Å². The van der Waals surface area contributed by atoms with Crippen LogP contribution in [0.15, 0.2) is 16.7 Å². The molecule has 0 saturated heterocycles. The molecule has 0 spiro atoms. The minimum atomic E-state index is -1.86. The fourth-order valence-electron chi connectivity index (χ4n) is 1.86. The normalized spacial score (nSPS) is 12.5. The molecular formula is C17H26N2O2Si. The highest BCUT2D eigenvalue weighted by atomic mass is 28.4. The lowest BCUT2D eigenvalue weighted by Gasteiger charge is -2.36. The molecule has 120 valence electrons. The number of hydrogen-bond donors (Lipinski definition) is 0. The second-order valence-corrected chi connectivity index (χ2v) is 12.1. The fraction of sp³-hybridized carbons (Fsp3) is 0.529. The smallest absolute Gasteiger partial charge is 0.250 e. The number of aryl methyl sites for hydroxylation is 2. The molecule has 0 aromatic carbocycles. The van der Waals surface area contributed by atoms with E-state index in [0.717, 1.165) is 34.2 Å². The molecule has 0 saturated carbocycles. The Bertz CT molecular complexity index is 684. The molecule has 2 aromatic heterocycles. The highest BCUT2D eigenvalue weighted by Crippen LogP contribution is 2.38. The van der Waals surface area contributed by atoms with Crippen molar-refractivity contribution in [3.8, 4) is 17.2 Å². The molecule has 0 amide bonds. The van der Waals surface area contributed by atoms with Gasteiger partial charge in [-0.1, -0.05) is 25.9 Å². The van der Waals surface area contributed by atoms with Gasteiger partial charge in [0.05, 0.1) is 11.4 Å². The van der Waals surface area contributed by atoms with Gasteiger partial charge in [0.1, 0.15) is 11.4 Å². The zero-order valence-electron chi connectivity index (χ0n) is 14.9. The van der Waals surface area contributed by atoms with Gasteiger partial charge in [-0.3, -0.25) is 0 Å². The van der Waals surface area contributed by atoms with Crippen molar-refractivity contribution in [1.29, 1.82) is 0 Å². The second kappa shape index (κ2) is 5.54. The van der Waals surface area contributed by atoms with Gasteiger partial charge in [0.25, 0.3) is 8.32 Å². The zero-order valence-corrected chi connectivity index (χ0v) is 15.9. The van der Waals surface area contributed by atoms with Crippen LogP contribution in [-0.4, -0.2) is 18.5 Å². The molecule has 2 heterocycles. The van der Waals surface area contributed by atoms with E-state index in [0.29, 0.717) is 0 Å². The molecule has 0 aliphatic rings. The molecule has 2 aromatic rings. The SMILES string of the molecule is Cc1nc(-c2onc(C)c2C)ccc1O[Si](C)(C)C(C)(C)C. The molecule has 0 aliphatic heterocycles. The number of aromatic nitrogens is 2. The third kappa shape index (κ3) is 3.09. The summed E-state index contributed by atoms with van der Waals surface area (Å²) < 4.78 is 11.7. The first-order valence-corrected chi connectivity index (χ1v) is 10.5. The van der Waals surface area contributed by atoms with Crippen molar-refractivity contribution in [3.63, 3.8) is 0 Å². The lowest BCUT2D eigenvalue weighted by Crippen LogP contribution is -2.44. The summed E-state index contributed by atoms with van der Waals surface area (Å²) in [5.41, 5.74) is 3.62. The Labute approximate surface area is 134 Å². The summed E-state index contributed by atoms with van der Waals surface area (Å²) in [6, 6.07) is 3.94. The summed E-state index contributed by atoms with van der Waals surface area (Å²) in [7, 11) is -1.86. The largest absolute Gasteiger partial charge is 0.542 e. The van der Waals surface area contributed by atoms with Crippen molar-refractivity contribution in [3.05, 3.63) is 29.1 Å². The first-order chi connectivity index (χ1) is 10.0. The minimum absolute atomic E-state index is 0.163. The van der Waals surface area contributed by atoms with Gasteiger partial charge in [-0.15, -0.1) is 0 Å². The zero-order chi connectivity index (χ0) is 16.7. The monoisotopic (exact) mass is 318 g/mol. The van der Waals surface area contributed by atoms with Crippen LogP contribution in [0.25, 0.3) is 11.5 Å². The molecule has 5 heteroatoms. The van der Waals surface area contributed by atoms with E-state index in [2.05, 4.69) is 44.0 Å². The summed E-state index contributed by atoms with van der Waals surface area (Å²) in [4.78, 5) is 4.65. The van der Waals surface area contributed by atoms with E-state index < -0.39 is 8.32 Å². The highest BCUT2D eigenvalue weighted by molar-refractivity contribution is 6.74. The van der Waals surface area contributed by atoms with Crippen molar-refractivity contribution in [2.75, 3.05) is 0 Å². The number of rotatable bonds is 3. The highest BCUT2D eigenvalue weighted by Gasteiger charge is 2.39. The molecule has 0 bridgehead atoms. The lowest BCUT2D eigenvalue weighted by atomic mass is 10.1. The molecule has 2 rings (SSSR count). The average molecular weight is 318 g/mol. The summed E-state index contributed by atoms with van der Waals surface area (Å²) in [5.74, 6) is 1.60. The van der Waals surface area contributed by atoms with Gasteiger partial charge in [-0.2, -0.15) is 0 Å². The summed E-state index contributed by atoms with van der Waals surface area (Å²) >= 11 is 0. The maximum Gasteiger partial charge on any atom is 0.250 e. The third-order valence-electron chi connectivity index (χ3n) is 4.60. The van der Waals surface area contributed by atoms with Crippen molar-refractivity contribution in [1.82, 2.24) is 10.1 Å². The fourth-order valence-corrected chi connectivity index (χ4v) is 2.94. The van der Waals surface area contributed by atoms with Crippen LogP contribution in [-0.2, 0) is 0 Å². The second-order valence-electron chi connectivity index (χ2n) is 7.36. The minimum Gasteiger partial charge on any atom is -0.542 e. The van der Waals surface area contributed by atoms with E-state index in [4.69, 9.17) is 8.95 Å². The molecular weight excluding hydrogens is 292 g/mol. The van der Waals surface area contributed by atoms with E-state index in [1.807, 2.05) is 32.9 Å². The summed E-state index contributed by atoms with van der Waals surface area (Å²) in [6.07, 6.45) is 0. The predicted octanol–water partition coefficient (Wildman–Crippen LogP) is 5.05. The Balaban J connectivity index is 2.33. The first kappa shape index (κ1) is 16.7. The van der Waals surface area contributed by atoms with E-state index >= 15 is 0 Å². The first-order valence-electron chi connectivity index (χ1n) is 7.63. The van der Waals surface area contributed by atoms with Crippen LogP contribution in [0.5, 0.6) is 5.75 Å². The van der Waals surface area contributed by atoms with E-state index in [-0.39, 0.29) is 5.04 Å². The topological polar surface area (TPSA) is 48.2 Å². The van der Waals surface area contributed by atoms with Gasteiger partial charge in [-0.05, 0) is 51.0 Å². The Hall–Kier alpha value is -1.62. The molecule has 4 nitrogen and oxygen atoms in total. The van der Waals surface area contributed by atoms with Crippen LogP contribution in [0.1, 0.15) is 37.7 Å². The van der Waals surface area contributed by atoms with Gasteiger partial charge < -0.3 is 8.95 Å². The van der Waals surface area contributed by atoms with Crippen molar-refractivity contribution >= 4 is 8.32 Å². The predicted molar refractivity (Wildman–Crippen MR) is 91.8 cm³/mol. The Morgan fingerprint density at radius 3 is 2.14 bits per heavy atom. The molecule has 22 heavy (non-hydrogen) atoms. The third-order valence-corrected chi connectivity index (χ3v) is 8.94. The maximum absolute atomic E-state index is 6.35. The molecule has 0 aliphatic carbocycles. The van der Waals surface area contributed by atoms with Gasteiger partial charge >= 0.3 is 0 Å². The Morgan fingerprint density at radius 2 is 1.68 bits per heavy atom. The van der Waals surface area contributed by atoms with E-state index in [1.165, 1.54) is 0 Å². The summed E-state index contributed by atoms with van der Waals surface area (Å²) in [6.45, 7) is 17.1. The molecule has 0 radical (unpaired) electrons. The van der Waals surface area contributed by atoms with Crippen molar-refractivity contribution in [2.24, 2.45) is 0 Å². The molecule has 0 atom stereocenters. The number of pyridine rings is 1. The molecule has 0 fully saturated rings. The average Bonchev–Trinajstić information content (AvgIpc) is 2.71. The number of hydrogen-bond acceptors (Lipinski definition) is 4. The quantitative estimate of drug-likeness (QED) is 0.743. The van der Waals surface area contributed by atoms with Crippen LogP contribution in [0, 0.1) is 20.8 Å². The van der Waals surface area contributed by atoms with Crippen molar-refractivity contribution in [2.45, 2.75) is 59.7 Å². The van der Waals surface area contributed by atoms with Crippen LogP contribution < -0.4 is 4.43 Å². The maximum atomic E-state index is 6.35. The van der Waals surface area contributed by atoms with Crippen LogP contribution in [0.4, 0.5) is 0 Å². The van der Waals surface area contributed by atoms with Gasteiger partial charge in [-0.25, -0.2) is 4.98 Å². The Kier molecular flexibility index (Phi) is 4.21. The van der Waals surface area contributed by atoms with E-state index in [9.17, 15) is 0 Å². The standard InChI is InChI=1S/C17H26N2O2Si/c1-11-12(2)19-20-16(11)14-9-10-15(13(3)18-14)21-22(7,8)17(4,5)6/h9-10H,1-8H3. The Morgan fingerprint density at radius 1 is 1.05 bits per heavy atom. The van der Waals surface area contributed by atoms with Gasteiger partial charge in [0.2, 0.25) is 0 Å². The van der Waals surface area contributed by atoms with Crippen LogP contribution in [0.2, 0.25) is 18.1 Å². The van der Waals surface area contributed by atoms with Crippen LogP contribution >= 0.6 is 0 Å². The lowest BCUT2D eigenvalue weighted by molar-refractivity contribution is 0.425. The van der Waals surface area contributed by atoms with Gasteiger partial charge in [0.15, 0.2) is 5.76 Å². The van der Waals surface area contributed by atoms with Gasteiger partial charge in [0, 0.05) is 5.56 Å². The number of nitrogens with zero attached hydrogens (tertiary/aromatic N) is 2.